The number of aromatic nitrogens is 2. The summed E-state index contributed by atoms with van der Waals surface area (Å²) in [4.78, 5) is 18.8. The number of ether oxygens (including phenoxy) is 2. The third-order valence-electron chi connectivity index (χ3n) is 4.70. The van der Waals surface area contributed by atoms with E-state index in [1.807, 2.05) is 24.3 Å². The number of rotatable bonds is 7. The highest BCUT2D eigenvalue weighted by molar-refractivity contribution is 5.88. The molecule has 9 heteroatoms. The lowest BCUT2D eigenvalue weighted by molar-refractivity contribution is -0.138. The molecule has 0 atom stereocenters. The van der Waals surface area contributed by atoms with Crippen LogP contribution >= 0.6 is 0 Å². The Bertz CT molecular complexity index is 1230. The van der Waals surface area contributed by atoms with Crippen LogP contribution in [0.4, 0.5) is 13.2 Å². The predicted octanol–water partition coefficient (Wildman–Crippen LogP) is 5.44. The van der Waals surface area contributed by atoms with Crippen molar-refractivity contribution in [3.8, 4) is 11.5 Å². The van der Waals surface area contributed by atoms with Gasteiger partial charge in [-0.25, -0.2) is 9.78 Å². The summed E-state index contributed by atoms with van der Waals surface area (Å²) in [6.07, 6.45) is -4.54. The maximum absolute atomic E-state index is 13.3. The van der Waals surface area contributed by atoms with Gasteiger partial charge in [-0.3, -0.25) is 0 Å². The second-order valence-electron chi connectivity index (χ2n) is 6.90. The number of H-pyrrole nitrogens is 1. The molecule has 4 rings (SSSR count). The number of aromatic amines is 1. The second kappa shape index (κ2) is 8.62. The summed E-state index contributed by atoms with van der Waals surface area (Å²) in [5, 5.41) is 9.26. The van der Waals surface area contributed by atoms with Crippen LogP contribution in [0.25, 0.3) is 11.0 Å². The number of nitrogens with one attached hydrogen (secondary N) is 1. The Balaban J connectivity index is 1.56. The summed E-state index contributed by atoms with van der Waals surface area (Å²) in [6, 6.07) is 16.4. The average Bonchev–Trinajstić information content (AvgIpc) is 3.19. The van der Waals surface area contributed by atoms with Gasteiger partial charge in [0.15, 0.2) is 11.5 Å². The molecule has 6 nitrogen and oxygen atoms in total. The molecule has 0 aliphatic rings. The first kappa shape index (κ1) is 21.2. The van der Waals surface area contributed by atoms with Gasteiger partial charge in [-0.1, -0.05) is 30.3 Å². The predicted molar refractivity (Wildman–Crippen MR) is 110 cm³/mol. The van der Waals surface area contributed by atoms with E-state index in [1.165, 1.54) is 36.4 Å². The highest BCUT2D eigenvalue weighted by Crippen LogP contribution is 2.34. The van der Waals surface area contributed by atoms with E-state index in [-0.39, 0.29) is 29.2 Å². The maximum Gasteiger partial charge on any atom is 0.416 e. The van der Waals surface area contributed by atoms with Crippen molar-refractivity contribution in [3.05, 3.63) is 89.2 Å². The largest absolute Gasteiger partial charge is 0.485 e. The van der Waals surface area contributed by atoms with E-state index in [0.717, 1.165) is 17.1 Å². The lowest BCUT2D eigenvalue weighted by atomic mass is 10.1. The molecule has 4 aromatic rings. The normalized spacial score (nSPS) is 11.5. The first-order valence-electron chi connectivity index (χ1n) is 9.53. The van der Waals surface area contributed by atoms with Crippen LogP contribution in [0.5, 0.6) is 11.5 Å². The summed E-state index contributed by atoms with van der Waals surface area (Å²) in [5.41, 5.74) is 0.600. The van der Waals surface area contributed by atoms with E-state index in [1.54, 1.807) is 0 Å². The molecular weight excluding hydrogens is 425 g/mol. The molecule has 1 heterocycles. The summed E-state index contributed by atoms with van der Waals surface area (Å²) in [7, 11) is 0. The van der Waals surface area contributed by atoms with E-state index >= 15 is 0 Å². The molecule has 0 unspecified atom stereocenters. The highest BCUT2D eigenvalue weighted by Gasteiger charge is 2.33. The fraction of sp³-hybridized carbons (Fsp3) is 0.130. The molecule has 0 bridgehead atoms. The lowest BCUT2D eigenvalue weighted by Crippen LogP contribution is -2.11. The van der Waals surface area contributed by atoms with Crippen molar-refractivity contribution in [1.29, 1.82) is 0 Å². The number of carbonyl (C=O) groups is 1. The van der Waals surface area contributed by atoms with Crippen LogP contribution in [0.2, 0.25) is 0 Å². The van der Waals surface area contributed by atoms with E-state index in [9.17, 15) is 23.1 Å². The van der Waals surface area contributed by atoms with Crippen LogP contribution in [0, 0.1) is 0 Å². The molecule has 0 saturated carbocycles. The zero-order valence-corrected chi connectivity index (χ0v) is 16.5. The zero-order valence-electron chi connectivity index (χ0n) is 16.5. The first-order chi connectivity index (χ1) is 15.3. The van der Waals surface area contributed by atoms with Crippen LogP contribution in [0.3, 0.4) is 0 Å². The third kappa shape index (κ3) is 4.66. The van der Waals surface area contributed by atoms with Gasteiger partial charge >= 0.3 is 12.1 Å². The number of fused-ring (bicyclic) bond motifs is 1. The van der Waals surface area contributed by atoms with E-state index < -0.39 is 24.3 Å². The minimum atomic E-state index is -4.54. The van der Waals surface area contributed by atoms with Crippen LogP contribution in [-0.4, -0.2) is 21.0 Å². The molecule has 0 fully saturated rings. The van der Waals surface area contributed by atoms with Gasteiger partial charge in [0, 0.05) is 5.56 Å². The molecule has 32 heavy (non-hydrogen) atoms. The van der Waals surface area contributed by atoms with E-state index in [2.05, 4.69) is 9.97 Å². The van der Waals surface area contributed by atoms with Crippen LogP contribution < -0.4 is 9.47 Å². The number of para-hydroxylation sites is 2. The molecule has 0 aliphatic heterocycles. The molecule has 0 spiro atoms. The Morgan fingerprint density at radius 3 is 2.41 bits per heavy atom. The third-order valence-corrected chi connectivity index (χ3v) is 4.70. The fourth-order valence-corrected chi connectivity index (χ4v) is 3.17. The smallest absolute Gasteiger partial charge is 0.416 e. The van der Waals surface area contributed by atoms with Gasteiger partial charge < -0.3 is 19.6 Å². The number of carboxylic acid groups (broad SMARTS) is 1. The topological polar surface area (TPSA) is 84.4 Å². The number of carboxylic acids is 1. The molecule has 164 valence electrons. The molecule has 0 radical (unpaired) electrons. The minimum Gasteiger partial charge on any atom is -0.485 e. The van der Waals surface area contributed by atoms with Crippen molar-refractivity contribution < 1.29 is 32.5 Å². The maximum atomic E-state index is 13.3. The van der Waals surface area contributed by atoms with Gasteiger partial charge in [0.2, 0.25) is 0 Å². The SMILES string of the molecule is O=C(O)c1ccc(OCc2nc3ccccc3[nH]2)c(OCc2ccccc2C(F)(F)F)c1. The van der Waals surface area contributed by atoms with Crippen molar-refractivity contribution >= 4 is 17.0 Å². The number of benzene rings is 3. The Labute approximate surface area is 180 Å². The molecule has 2 N–H and O–H groups in total. The Morgan fingerprint density at radius 1 is 0.938 bits per heavy atom. The van der Waals surface area contributed by atoms with E-state index in [0.29, 0.717) is 5.82 Å². The lowest BCUT2D eigenvalue weighted by Gasteiger charge is -2.16. The van der Waals surface area contributed by atoms with Gasteiger partial charge in [-0.2, -0.15) is 13.2 Å². The van der Waals surface area contributed by atoms with Gasteiger partial charge in [-0.05, 0) is 36.4 Å². The van der Waals surface area contributed by atoms with Gasteiger partial charge in [-0.15, -0.1) is 0 Å². The molecule has 0 amide bonds. The molecular formula is C23H17F3N2O4. The number of imidazole rings is 1. The first-order valence-corrected chi connectivity index (χ1v) is 9.53. The van der Waals surface area contributed by atoms with Crippen LogP contribution in [0.1, 0.15) is 27.3 Å². The number of hydrogen-bond donors (Lipinski definition) is 2. The summed E-state index contributed by atoms with van der Waals surface area (Å²) < 4.78 is 51.1. The van der Waals surface area contributed by atoms with Gasteiger partial charge in [0.05, 0.1) is 22.2 Å². The Hall–Kier alpha value is -4.01. The minimum absolute atomic E-state index is 0.0120. The summed E-state index contributed by atoms with van der Waals surface area (Å²) in [5.74, 6) is -0.478. The summed E-state index contributed by atoms with van der Waals surface area (Å²) in [6.45, 7) is -0.393. The van der Waals surface area contributed by atoms with Crippen molar-refractivity contribution in [2.75, 3.05) is 0 Å². The number of halogens is 3. The standard InChI is InChI=1S/C23H17F3N2O4/c24-23(25,26)16-6-2-1-5-15(16)12-31-20-11-14(22(29)30)9-10-19(20)32-13-21-27-17-7-3-4-8-18(17)28-21/h1-11H,12-13H2,(H,27,28)(H,29,30). The number of aromatic carboxylic acids is 1. The number of alkyl halides is 3. The second-order valence-corrected chi connectivity index (χ2v) is 6.90. The molecule has 0 saturated heterocycles. The van der Waals surface area contributed by atoms with Crippen molar-refractivity contribution in [3.63, 3.8) is 0 Å². The monoisotopic (exact) mass is 442 g/mol. The molecule has 1 aromatic heterocycles. The van der Waals surface area contributed by atoms with Gasteiger partial charge in [0.25, 0.3) is 0 Å². The Kier molecular flexibility index (Phi) is 5.72. The fourth-order valence-electron chi connectivity index (χ4n) is 3.17. The quantitative estimate of drug-likeness (QED) is 0.398. The van der Waals surface area contributed by atoms with Crippen molar-refractivity contribution in [2.24, 2.45) is 0 Å². The van der Waals surface area contributed by atoms with Crippen molar-refractivity contribution in [1.82, 2.24) is 9.97 Å². The average molecular weight is 442 g/mol. The zero-order chi connectivity index (χ0) is 22.7. The molecule has 3 aromatic carbocycles. The van der Waals surface area contributed by atoms with Crippen LogP contribution in [0.15, 0.2) is 66.7 Å². The van der Waals surface area contributed by atoms with Crippen LogP contribution in [-0.2, 0) is 19.4 Å². The molecule has 0 aliphatic carbocycles. The van der Waals surface area contributed by atoms with E-state index in [4.69, 9.17) is 9.47 Å². The Morgan fingerprint density at radius 2 is 1.66 bits per heavy atom. The van der Waals surface area contributed by atoms with Crippen molar-refractivity contribution in [2.45, 2.75) is 19.4 Å². The summed E-state index contributed by atoms with van der Waals surface area (Å²) >= 11 is 0. The number of hydrogen-bond acceptors (Lipinski definition) is 4. The number of nitrogens with zero attached hydrogens (tertiary/aromatic N) is 1. The van der Waals surface area contributed by atoms with Gasteiger partial charge in [0.1, 0.15) is 19.0 Å². The highest BCUT2D eigenvalue weighted by atomic mass is 19.4.